The van der Waals surface area contributed by atoms with E-state index in [0.717, 1.165) is 11.1 Å². The van der Waals surface area contributed by atoms with E-state index in [1.807, 2.05) is 96.9 Å². The van der Waals surface area contributed by atoms with Crippen molar-refractivity contribution in [2.24, 2.45) is 0 Å². The average molecular weight is 413 g/mol. The fourth-order valence-electron chi connectivity index (χ4n) is 5.74. The van der Waals surface area contributed by atoms with Gasteiger partial charge in [0.05, 0.1) is 5.92 Å². The second kappa shape index (κ2) is 7.03. The molecule has 3 aromatic rings. The predicted octanol–water partition coefficient (Wildman–Crippen LogP) is 3.82. The Bertz CT molecular complexity index is 1150. The zero-order valence-electron chi connectivity index (χ0n) is 17.2. The third-order valence-corrected chi connectivity index (χ3v) is 6.97. The maximum atomic E-state index is 13.7. The predicted molar refractivity (Wildman–Crippen MR) is 118 cm³/mol. The van der Waals surface area contributed by atoms with Crippen LogP contribution in [0.2, 0.25) is 0 Å². The minimum Gasteiger partial charge on any atom is -0.324 e. The molecule has 3 unspecified atom stereocenters. The zero-order valence-corrected chi connectivity index (χ0v) is 17.2. The molecule has 1 amide bonds. The number of likely N-dealkylation sites (tertiary alicyclic amines) is 1. The first-order valence-electron chi connectivity index (χ1n) is 10.4. The fourth-order valence-corrected chi connectivity index (χ4v) is 5.74. The van der Waals surface area contributed by atoms with Crippen LogP contribution in [-0.4, -0.2) is 34.9 Å². The fraction of sp³-hybridized carbons (Fsp3) is 0.240. The Morgan fingerprint density at radius 1 is 1.00 bits per heavy atom. The van der Waals surface area contributed by atoms with E-state index in [-0.39, 0.29) is 17.3 Å². The Labute approximate surface area is 180 Å². The van der Waals surface area contributed by atoms with Gasteiger partial charge in [0.25, 0.3) is 11.4 Å². The first-order chi connectivity index (χ1) is 15.0. The number of anilines is 1. The highest BCUT2D eigenvalue weighted by atomic mass is 16.6. The number of carbonyl (C=O) groups is 1. The van der Waals surface area contributed by atoms with Crippen molar-refractivity contribution in [2.75, 3.05) is 18.9 Å². The molecule has 0 radical (unpaired) electrons. The van der Waals surface area contributed by atoms with Crippen molar-refractivity contribution in [1.82, 2.24) is 4.90 Å². The van der Waals surface area contributed by atoms with E-state index in [1.165, 1.54) is 0 Å². The summed E-state index contributed by atoms with van der Waals surface area (Å²) >= 11 is 0. The molecule has 156 valence electrons. The van der Waals surface area contributed by atoms with Crippen molar-refractivity contribution in [3.05, 3.63) is 112 Å². The molecule has 1 fully saturated rings. The molecule has 2 heterocycles. The van der Waals surface area contributed by atoms with Crippen LogP contribution in [0.4, 0.5) is 5.69 Å². The van der Waals surface area contributed by atoms with Crippen molar-refractivity contribution < 1.29 is 9.72 Å². The van der Waals surface area contributed by atoms with Gasteiger partial charge in [-0.1, -0.05) is 78.9 Å². The van der Waals surface area contributed by atoms with Gasteiger partial charge in [-0.05, 0) is 24.2 Å². The van der Waals surface area contributed by atoms with E-state index >= 15 is 0 Å². The Kier molecular flexibility index (Phi) is 4.41. The zero-order chi connectivity index (χ0) is 21.6. The largest absolute Gasteiger partial charge is 0.324 e. The van der Waals surface area contributed by atoms with Gasteiger partial charge < -0.3 is 5.32 Å². The topological polar surface area (TPSA) is 75.5 Å². The van der Waals surface area contributed by atoms with Crippen molar-refractivity contribution in [2.45, 2.75) is 23.4 Å². The number of nitro groups is 1. The van der Waals surface area contributed by atoms with Crippen LogP contribution in [0.25, 0.3) is 0 Å². The third-order valence-electron chi connectivity index (χ3n) is 6.97. The van der Waals surface area contributed by atoms with Gasteiger partial charge in [-0.2, -0.15) is 0 Å². The summed E-state index contributed by atoms with van der Waals surface area (Å²) in [5, 5.41) is 16.1. The molecule has 2 aliphatic rings. The summed E-state index contributed by atoms with van der Waals surface area (Å²) in [7, 11) is 1.83. The number of para-hydroxylation sites is 1. The Balaban J connectivity index is 1.83. The molecule has 6 heteroatoms. The minimum absolute atomic E-state index is 0.145. The van der Waals surface area contributed by atoms with Crippen molar-refractivity contribution in [3.8, 4) is 0 Å². The lowest BCUT2D eigenvalue weighted by Crippen LogP contribution is -2.64. The maximum absolute atomic E-state index is 13.7. The monoisotopic (exact) mass is 413 g/mol. The standard InChI is InChI=1S/C25H23N3O3/c1-27-17-21(19-12-6-3-7-13-19)24(28(30)31,16-18-10-4-2-5-11-18)25(27)20-14-8-9-15-22(20)26-23(25)29/h2-15,21H,16-17H2,1H3,(H,26,29). The van der Waals surface area contributed by atoms with Crippen molar-refractivity contribution in [3.63, 3.8) is 0 Å². The number of fused-ring (bicyclic) bond motifs is 2. The summed E-state index contributed by atoms with van der Waals surface area (Å²) in [5.74, 6) is -0.798. The van der Waals surface area contributed by atoms with E-state index in [9.17, 15) is 14.9 Å². The van der Waals surface area contributed by atoms with Crippen LogP contribution in [0.5, 0.6) is 0 Å². The minimum atomic E-state index is -1.58. The summed E-state index contributed by atoms with van der Waals surface area (Å²) < 4.78 is 0. The highest BCUT2D eigenvalue weighted by molar-refractivity contribution is 6.07. The van der Waals surface area contributed by atoms with Crippen LogP contribution in [0, 0.1) is 10.1 Å². The van der Waals surface area contributed by atoms with Gasteiger partial charge in [-0.3, -0.25) is 19.8 Å². The van der Waals surface area contributed by atoms with E-state index in [4.69, 9.17) is 0 Å². The molecule has 3 atom stereocenters. The van der Waals surface area contributed by atoms with Gasteiger partial charge >= 0.3 is 0 Å². The number of rotatable bonds is 4. The first-order valence-corrected chi connectivity index (χ1v) is 10.4. The Morgan fingerprint density at radius 3 is 2.29 bits per heavy atom. The molecule has 0 bridgehead atoms. The Morgan fingerprint density at radius 2 is 1.61 bits per heavy atom. The molecule has 1 saturated heterocycles. The smallest absolute Gasteiger partial charge is 0.265 e. The summed E-state index contributed by atoms with van der Waals surface area (Å²) in [5.41, 5.74) is 0.0360. The van der Waals surface area contributed by atoms with Gasteiger partial charge in [-0.25, -0.2) is 0 Å². The summed E-state index contributed by atoms with van der Waals surface area (Å²) in [6.07, 6.45) is 0.145. The van der Waals surface area contributed by atoms with Crippen molar-refractivity contribution in [1.29, 1.82) is 0 Å². The average Bonchev–Trinajstić information content (AvgIpc) is 3.24. The number of hydrogen-bond donors (Lipinski definition) is 1. The van der Waals surface area contributed by atoms with Gasteiger partial charge in [0.2, 0.25) is 0 Å². The lowest BCUT2D eigenvalue weighted by Gasteiger charge is -2.40. The maximum Gasteiger partial charge on any atom is 0.265 e. The molecule has 6 nitrogen and oxygen atoms in total. The highest BCUT2D eigenvalue weighted by Crippen LogP contribution is 2.59. The Hall–Kier alpha value is -3.51. The lowest BCUT2D eigenvalue weighted by molar-refractivity contribution is -0.583. The molecule has 2 aliphatic heterocycles. The molecule has 31 heavy (non-hydrogen) atoms. The van der Waals surface area contributed by atoms with Crippen molar-refractivity contribution >= 4 is 11.6 Å². The van der Waals surface area contributed by atoms with E-state index in [1.54, 1.807) is 0 Å². The van der Waals surface area contributed by atoms with E-state index in [0.29, 0.717) is 17.8 Å². The first kappa shape index (κ1) is 19.5. The number of benzene rings is 3. The van der Waals surface area contributed by atoms with Gasteiger partial charge in [0.15, 0.2) is 5.54 Å². The van der Waals surface area contributed by atoms with E-state index in [2.05, 4.69) is 5.32 Å². The van der Waals surface area contributed by atoms with Crippen LogP contribution in [0.15, 0.2) is 84.9 Å². The summed E-state index contributed by atoms with van der Waals surface area (Å²) in [6.45, 7) is 0.402. The van der Waals surface area contributed by atoms with Crippen LogP contribution in [0.3, 0.4) is 0 Å². The third kappa shape index (κ3) is 2.51. The summed E-state index contributed by atoms with van der Waals surface area (Å²) in [6, 6.07) is 26.4. The molecular weight excluding hydrogens is 390 g/mol. The van der Waals surface area contributed by atoms with Crippen LogP contribution >= 0.6 is 0 Å². The van der Waals surface area contributed by atoms with Gasteiger partial charge in [0, 0.05) is 29.1 Å². The summed E-state index contributed by atoms with van der Waals surface area (Å²) in [4.78, 5) is 28.6. The molecule has 1 spiro atoms. The van der Waals surface area contributed by atoms with Gasteiger partial charge in [-0.15, -0.1) is 0 Å². The number of likely N-dealkylation sites (N-methyl/N-ethyl adjacent to an activating group) is 1. The second-order valence-corrected chi connectivity index (χ2v) is 8.40. The van der Waals surface area contributed by atoms with Crippen LogP contribution < -0.4 is 5.32 Å². The van der Waals surface area contributed by atoms with E-state index < -0.39 is 17.0 Å². The van der Waals surface area contributed by atoms with Crippen LogP contribution in [0.1, 0.15) is 22.6 Å². The molecule has 0 aliphatic carbocycles. The lowest BCUT2D eigenvalue weighted by atomic mass is 9.65. The van der Waals surface area contributed by atoms with Gasteiger partial charge in [0.1, 0.15) is 0 Å². The molecule has 1 N–H and O–H groups in total. The molecule has 5 rings (SSSR count). The number of carbonyl (C=O) groups excluding carboxylic acids is 1. The van der Waals surface area contributed by atoms with Crippen LogP contribution in [-0.2, 0) is 16.8 Å². The number of nitrogens with one attached hydrogen (secondary N) is 1. The quantitative estimate of drug-likeness (QED) is 0.521. The number of amides is 1. The molecule has 0 aromatic heterocycles. The number of nitrogens with zero attached hydrogens (tertiary/aromatic N) is 2. The second-order valence-electron chi connectivity index (χ2n) is 8.40. The number of hydrogen-bond acceptors (Lipinski definition) is 4. The normalized spacial score (nSPS) is 27.3. The SMILES string of the molecule is CN1CC(c2ccccc2)C(Cc2ccccc2)([N+](=O)[O-])C12C(=O)Nc1ccccc12. The highest BCUT2D eigenvalue weighted by Gasteiger charge is 2.78. The molecular formula is C25H23N3O3. The molecule has 3 aromatic carbocycles. The molecule has 0 saturated carbocycles.